The zero-order chi connectivity index (χ0) is 12.8. The Morgan fingerprint density at radius 1 is 1.00 bits per heavy atom. The average molecular weight is 234 g/mol. The van der Waals surface area contributed by atoms with E-state index in [1.54, 1.807) is 0 Å². The molecule has 0 N–H and O–H groups in total. The maximum absolute atomic E-state index is 3.86. The van der Waals surface area contributed by atoms with Crippen LogP contribution < -0.4 is 0 Å². The Bertz CT molecular complexity index is 547. The summed E-state index contributed by atoms with van der Waals surface area (Å²) in [6.45, 7) is 6.01. The van der Waals surface area contributed by atoms with Crippen molar-refractivity contribution in [3.63, 3.8) is 0 Å². The van der Waals surface area contributed by atoms with Crippen molar-refractivity contribution < 1.29 is 0 Å². The monoisotopic (exact) mass is 234 g/mol. The summed E-state index contributed by atoms with van der Waals surface area (Å²) in [5.41, 5.74) is 5.14. The van der Waals surface area contributed by atoms with Crippen molar-refractivity contribution in [2.45, 2.75) is 13.3 Å². The first-order valence-electron chi connectivity index (χ1n) is 6.24. The third-order valence-electron chi connectivity index (χ3n) is 3.13. The van der Waals surface area contributed by atoms with E-state index < -0.39 is 0 Å². The smallest absolute Gasteiger partial charge is 0.00856 e. The van der Waals surface area contributed by atoms with Crippen LogP contribution in [0, 0.1) is 0 Å². The number of hydrogen-bond donors (Lipinski definition) is 0. The van der Waals surface area contributed by atoms with Crippen LogP contribution in [0.15, 0.2) is 67.3 Å². The minimum Gasteiger partial charge on any atom is -0.0985 e. The number of hydrogen-bond acceptors (Lipinski definition) is 0. The van der Waals surface area contributed by atoms with Gasteiger partial charge in [0, 0.05) is 0 Å². The number of allylic oxidation sites excluding steroid dienone is 2. The largest absolute Gasteiger partial charge is 0.0985 e. The Labute approximate surface area is 109 Å². The second-order valence-electron chi connectivity index (χ2n) is 4.36. The molecular formula is C18H18. The molecule has 0 fully saturated rings. The fraction of sp³-hybridized carbons (Fsp3) is 0.111. The van der Waals surface area contributed by atoms with Gasteiger partial charge in [-0.1, -0.05) is 73.3 Å². The van der Waals surface area contributed by atoms with E-state index in [0.717, 1.165) is 6.42 Å². The van der Waals surface area contributed by atoms with Crippen LogP contribution in [0.2, 0.25) is 0 Å². The minimum absolute atomic E-state index is 0.947. The molecule has 0 aliphatic heterocycles. The molecule has 0 nitrogen and oxygen atoms in total. The average Bonchev–Trinajstić information content (AvgIpc) is 2.46. The molecule has 0 unspecified atom stereocenters. The molecule has 0 bridgehead atoms. The predicted molar refractivity (Wildman–Crippen MR) is 80.3 cm³/mol. The fourth-order valence-electron chi connectivity index (χ4n) is 2.00. The summed E-state index contributed by atoms with van der Waals surface area (Å²) in [5, 5.41) is 0. The van der Waals surface area contributed by atoms with E-state index in [9.17, 15) is 0 Å². The summed E-state index contributed by atoms with van der Waals surface area (Å²) in [7, 11) is 0. The van der Waals surface area contributed by atoms with Crippen LogP contribution in [0.3, 0.4) is 0 Å². The molecule has 0 heterocycles. The highest BCUT2D eigenvalue weighted by molar-refractivity contribution is 5.64. The molecule has 2 aromatic rings. The van der Waals surface area contributed by atoms with Gasteiger partial charge in [0.15, 0.2) is 0 Å². The molecule has 90 valence electrons. The maximum Gasteiger partial charge on any atom is -0.00856 e. The molecule has 2 rings (SSSR count). The Kier molecular flexibility index (Phi) is 4.14. The predicted octanol–water partition coefficient (Wildman–Crippen LogP) is 4.98. The summed E-state index contributed by atoms with van der Waals surface area (Å²) in [5.74, 6) is 0. The lowest BCUT2D eigenvalue weighted by atomic mass is 10.0. The summed E-state index contributed by atoms with van der Waals surface area (Å²) < 4.78 is 0. The number of rotatable bonds is 4. The summed E-state index contributed by atoms with van der Waals surface area (Å²) in [6, 6.07) is 18.9. The van der Waals surface area contributed by atoms with E-state index in [0.29, 0.717) is 0 Å². The lowest BCUT2D eigenvalue weighted by Crippen LogP contribution is -1.87. The van der Waals surface area contributed by atoms with Crippen molar-refractivity contribution >= 4 is 11.6 Å². The SMILES string of the molecule is C=Cc1ccccc1CC=C(C)c1ccccc1. The molecule has 0 radical (unpaired) electrons. The van der Waals surface area contributed by atoms with Crippen LogP contribution >= 0.6 is 0 Å². The summed E-state index contributed by atoms with van der Waals surface area (Å²) in [4.78, 5) is 0. The highest BCUT2D eigenvalue weighted by atomic mass is 14.0. The van der Waals surface area contributed by atoms with E-state index in [2.05, 4.69) is 62.0 Å². The second-order valence-corrected chi connectivity index (χ2v) is 4.36. The van der Waals surface area contributed by atoms with Crippen molar-refractivity contribution in [2.24, 2.45) is 0 Å². The van der Waals surface area contributed by atoms with Gasteiger partial charge in [0.05, 0.1) is 0 Å². The molecule has 0 heteroatoms. The van der Waals surface area contributed by atoms with Crippen LogP contribution in [-0.2, 0) is 6.42 Å². The van der Waals surface area contributed by atoms with Gasteiger partial charge >= 0.3 is 0 Å². The van der Waals surface area contributed by atoms with Gasteiger partial charge in [-0.05, 0) is 35.6 Å². The third kappa shape index (κ3) is 2.98. The molecule has 0 amide bonds. The standard InChI is InChI=1S/C18H18/c1-3-16-9-7-8-12-18(16)14-13-15(2)17-10-5-4-6-11-17/h3-13H,1,14H2,2H3. The van der Waals surface area contributed by atoms with Crippen LogP contribution in [0.25, 0.3) is 11.6 Å². The normalized spacial score (nSPS) is 11.3. The van der Waals surface area contributed by atoms with Gasteiger partial charge < -0.3 is 0 Å². The van der Waals surface area contributed by atoms with Gasteiger partial charge in [0.25, 0.3) is 0 Å². The molecule has 0 saturated carbocycles. The van der Waals surface area contributed by atoms with Crippen molar-refractivity contribution in [1.29, 1.82) is 0 Å². The van der Waals surface area contributed by atoms with Gasteiger partial charge in [-0.2, -0.15) is 0 Å². The molecule has 0 aromatic heterocycles. The molecule has 0 atom stereocenters. The first-order valence-corrected chi connectivity index (χ1v) is 6.24. The van der Waals surface area contributed by atoms with Crippen LogP contribution in [0.5, 0.6) is 0 Å². The van der Waals surface area contributed by atoms with Gasteiger partial charge in [-0.15, -0.1) is 0 Å². The van der Waals surface area contributed by atoms with Crippen molar-refractivity contribution in [1.82, 2.24) is 0 Å². The topological polar surface area (TPSA) is 0 Å². The van der Waals surface area contributed by atoms with Crippen LogP contribution in [0.4, 0.5) is 0 Å². The van der Waals surface area contributed by atoms with Crippen LogP contribution in [0.1, 0.15) is 23.6 Å². The maximum atomic E-state index is 3.86. The fourth-order valence-corrected chi connectivity index (χ4v) is 2.00. The molecule has 0 aliphatic carbocycles. The minimum atomic E-state index is 0.947. The van der Waals surface area contributed by atoms with E-state index in [1.165, 1.54) is 22.3 Å². The summed E-state index contributed by atoms with van der Waals surface area (Å²) in [6.07, 6.45) is 5.14. The lowest BCUT2D eigenvalue weighted by Gasteiger charge is -2.04. The van der Waals surface area contributed by atoms with Crippen molar-refractivity contribution in [3.05, 3.63) is 83.9 Å². The van der Waals surface area contributed by atoms with E-state index in [1.807, 2.05) is 18.2 Å². The third-order valence-corrected chi connectivity index (χ3v) is 3.13. The second kappa shape index (κ2) is 6.02. The zero-order valence-corrected chi connectivity index (χ0v) is 10.8. The first-order chi connectivity index (χ1) is 8.81. The van der Waals surface area contributed by atoms with Gasteiger partial charge in [-0.3, -0.25) is 0 Å². The quantitative estimate of drug-likeness (QED) is 0.700. The summed E-state index contributed by atoms with van der Waals surface area (Å²) >= 11 is 0. The molecule has 2 aromatic carbocycles. The van der Waals surface area contributed by atoms with E-state index in [-0.39, 0.29) is 0 Å². The Morgan fingerprint density at radius 3 is 2.39 bits per heavy atom. The molecular weight excluding hydrogens is 216 g/mol. The Morgan fingerprint density at radius 2 is 1.67 bits per heavy atom. The van der Waals surface area contributed by atoms with Gasteiger partial charge in [0.1, 0.15) is 0 Å². The first kappa shape index (κ1) is 12.4. The molecule has 18 heavy (non-hydrogen) atoms. The molecule has 0 aliphatic rings. The van der Waals surface area contributed by atoms with E-state index >= 15 is 0 Å². The van der Waals surface area contributed by atoms with Crippen LogP contribution in [-0.4, -0.2) is 0 Å². The van der Waals surface area contributed by atoms with Crippen molar-refractivity contribution in [3.8, 4) is 0 Å². The number of benzene rings is 2. The highest BCUT2D eigenvalue weighted by Gasteiger charge is 1.98. The molecule has 0 saturated heterocycles. The van der Waals surface area contributed by atoms with Crippen molar-refractivity contribution in [2.75, 3.05) is 0 Å². The Balaban J connectivity index is 2.18. The highest BCUT2D eigenvalue weighted by Crippen LogP contribution is 2.16. The van der Waals surface area contributed by atoms with Gasteiger partial charge in [-0.25, -0.2) is 0 Å². The lowest BCUT2D eigenvalue weighted by molar-refractivity contribution is 1.25. The van der Waals surface area contributed by atoms with Gasteiger partial charge in [0.2, 0.25) is 0 Å². The zero-order valence-electron chi connectivity index (χ0n) is 10.8. The van der Waals surface area contributed by atoms with E-state index in [4.69, 9.17) is 0 Å². The Hall–Kier alpha value is -2.08. The molecule has 0 spiro atoms.